The van der Waals surface area contributed by atoms with Crippen molar-refractivity contribution in [3.8, 4) is 5.75 Å². The maximum atomic E-state index is 12.4. The molecule has 0 saturated carbocycles. The molecule has 4 nitrogen and oxygen atoms in total. The average Bonchev–Trinajstić information content (AvgIpc) is 2.42. The quantitative estimate of drug-likeness (QED) is 0.851. The first kappa shape index (κ1) is 15.0. The Bertz CT molecular complexity index is 528. The van der Waals surface area contributed by atoms with Crippen molar-refractivity contribution in [1.29, 1.82) is 0 Å². The lowest BCUT2D eigenvalue weighted by Gasteiger charge is -2.37. The molecule has 0 spiro atoms. The van der Waals surface area contributed by atoms with Gasteiger partial charge in [0.05, 0.1) is 18.3 Å². The number of para-hydroxylation sites is 1. The van der Waals surface area contributed by atoms with Gasteiger partial charge in [0, 0.05) is 35.2 Å². The summed E-state index contributed by atoms with van der Waals surface area (Å²) in [5.74, 6) is 1.37. The Morgan fingerprint density at radius 1 is 1.40 bits per heavy atom. The van der Waals surface area contributed by atoms with Crippen molar-refractivity contribution in [2.24, 2.45) is 0 Å². The Morgan fingerprint density at radius 3 is 2.75 bits per heavy atom. The first-order chi connectivity index (χ1) is 9.44. The molecule has 1 aliphatic rings. The maximum Gasteiger partial charge on any atom is 0.227 e. The van der Waals surface area contributed by atoms with E-state index in [0.29, 0.717) is 25.3 Å². The largest absolute Gasteiger partial charge is 0.496 e. The minimum absolute atomic E-state index is 0.0688. The molecule has 0 N–H and O–H groups in total. The van der Waals surface area contributed by atoms with Gasteiger partial charge in [0.2, 0.25) is 5.91 Å². The summed E-state index contributed by atoms with van der Waals surface area (Å²) in [5.41, 5.74) is 0.893. The lowest BCUT2D eigenvalue weighted by atomic mass is 10.1. The van der Waals surface area contributed by atoms with Gasteiger partial charge in [-0.2, -0.15) is 0 Å². The summed E-state index contributed by atoms with van der Waals surface area (Å²) in [7, 11) is 0.749. The lowest BCUT2D eigenvalue weighted by Crippen LogP contribution is -2.52. The van der Waals surface area contributed by atoms with Gasteiger partial charge in [0.15, 0.2) is 0 Å². The molecule has 1 heterocycles. The number of carbonyl (C=O) groups is 1. The van der Waals surface area contributed by atoms with Crippen LogP contribution < -0.4 is 4.74 Å². The molecule has 1 fully saturated rings. The van der Waals surface area contributed by atoms with Crippen LogP contribution in [-0.2, 0) is 22.0 Å². The van der Waals surface area contributed by atoms with Gasteiger partial charge in [0.25, 0.3) is 0 Å². The zero-order chi connectivity index (χ0) is 14.8. The molecule has 0 aromatic heterocycles. The molecule has 2 rings (SSSR count). The molecule has 0 radical (unpaired) electrons. The summed E-state index contributed by atoms with van der Waals surface area (Å²) in [6, 6.07) is 7.56. The summed E-state index contributed by atoms with van der Waals surface area (Å²) >= 11 is 0. The molecule has 0 aliphatic carbocycles. The number of ether oxygens (including phenoxy) is 1. The van der Waals surface area contributed by atoms with E-state index in [1.54, 1.807) is 7.11 Å². The van der Waals surface area contributed by atoms with Crippen LogP contribution in [0.1, 0.15) is 19.4 Å². The summed E-state index contributed by atoms with van der Waals surface area (Å²) < 4.78 is 16.8. The van der Waals surface area contributed by atoms with E-state index >= 15 is 0 Å². The SMILES string of the molecule is COc1ccccc1CC(=O)N1CCS(=O)C(C)(C)C1. The zero-order valence-corrected chi connectivity index (χ0v) is 13.0. The standard InChI is InChI=1S/C15H21NO3S/c1-15(2)11-16(8-9-20(15)18)14(17)10-12-6-4-5-7-13(12)19-3/h4-7H,8-11H2,1-3H3. The van der Waals surface area contributed by atoms with Crippen LogP contribution in [0.4, 0.5) is 0 Å². The number of amides is 1. The van der Waals surface area contributed by atoms with Gasteiger partial charge in [-0.15, -0.1) is 0 Å². The van der Waals surface area contributed by atoms with Gasteiger partial charge in [0.1, 0.15) is 5.75 Å². The Hall–Kier alpha value is -1.36. The molecular formula is C15H21NO3S. The molecule has 110 valence electrons. The van der Waals surface area contributed by atoms with Crippen LogP contribution in [0, 0.1) is 0 Å². The highest BCUT2D eigenvalue weighted by molar-refractivity contribution is 7.86. The van der Waals surface area contributed by atoms with E-state index in [0.717, 1.165) is 11.3 Å². The number of hydrogen-bond acceptors (Lipinski definition) is 3. The third kappa shape index (κ3) is 3.20. The molecule has 1 saturated heterocycles. The third-order valence-electron chi connectivity index (χ3n) is 3.62. The van der Waals surface area contributed by atoms with Crippen molar-refractivity contribution < 1.29 is 13.7 Å². The van der Waals surface area contributed by atoms with Gasteiger partial charge < -0.3 is 9.64 Å². The first-order valence-corrected chi connectivity index (χ1v) is 8.04. The van der Waals surface area contributed by atoms with Crippen LogP contribution in [0.15, 0.2) is 24.3 Å². The lowest BCUT2D eigenvalue weighted by molar-refractivity contribution is -0.130. The number of carbonyl (C=O) groups excluding carboxylic acids is 1. The van der Waals surface area contributed by atoms with Crippen molar-refractivity contribution in [3.05, 3.63) is 29.8 Å². The normalized spacial score (nSPS) is 21.6. The van der Waals surface area contributed by atoms with E-state index in [1.165, 1.54) is 0 Å². The highest BCUT2D eigenvalue weighted by atomic mass is 32.2. The summed E-state index contributed by atoms with van der Waals surface area (Å²) in [6.07, 6.45) is 0.326. The molecule has 1 aliphatic heterocycles. The van der Waals surface area contributed by atoms with Gasteiger partial charge in [-0.25, -0.2) is 0 Å². The topological polar surface area (TPSA) is 46.6 Å². The minimum Gasteiger partial charge on any atom is -0.496 e. The fourth-order valence-electron chi connectivity index (χ4n) is 2.42. The highest BCUT2D eigenvalue weighted by Crippen LogP contribution is 2.23. The van der Waals surface area contributed by atoms with Crippen molar-refractivity contribution >= 4 is 16.7 Å². The van der Waals surface area contributed by atoms with Crippen LogP contribution in [0.2, 0.25) is 0 Å². The van der Waals surface area contributed by atoms with Crippen molar-refractivity contribution in [3.63, 3.8) is 0 Å². The van der Waals surface area contributed by atoms with Gasteiger partial charge in [-0.3, -0.25) is 9.00 Å². The Balaban J connectivity index is 2.07. The third-order valence-corrected chi connectivity index (χ3v) is 5.54. The van der Waals surface area contributed by atoms with E-state index in [1.807, 2.05) is 43.0 Å². The van der Waals surface area contributed by atoms with E-state index in [9.17, 15) is 9.00 Å². The van der Waals surface area contributed by atoms with E-state index < -0.39 is 10.8 Å². The van der Waals surface area contributed by atoms with Crippen LogP contribution in [0.5, 0.6) is 5.75 Å². The number of benzene rings is 1. The Kier molecular flexibility index (Phi) is 4.48. The summed E-state index contributed by atoms with van der Waals surface area (Å²) in [5, 5.41) is 0. The van der Waals surface area contributed by atoms with Crippen LogP contribution in [0.25, 0.3) is 0 Å². The Labute approximate surface area is 122 Å². The second-order valence-corrected chi connectivity index (χ2v) is 7.82. The van der Waals surface area contributed by atoms with Gasteiger partial charge >= 0.3 is 0 Å². The zero-order valence-electron chi connectivity index (χ0n) is 12.2. The first-order valence-electron chi connectivity index (χ1n) is 6.72. The minimum atomic E-state index is -0.859. The molecule has 1 aromatic rings. The highest BCUT2D eigenvalue weighted by Gasteiger charge is 2.35. The summed E-state index contributed by atoms with van der Waals surface area (Å²) in [6.45, 7) is 5.02. The number of nitrogens with zero attached hydrogens (tertiary/aromatic N) is 1. The van der Waals surface area contributed by atoms with Crippen LogP contribution >= 0.6 is 0 Å². The van der Waals surface area contributed by atoms with Gasteiger partial charge in [-0.05, 0) is 19.9 Å². The smallest absolute Gasteiger partial charge is 0.227 e. The predicted octanol–water partition coefficient (Wildman–Crippen LogP) is 1.61. The Morgan fingerprint density at radius 2 is 2.10 bits per heavy atom. The second kappa shape index (κ2) is 5.95. The van der Waals surface area contributed by atoms with Crippen molar-refractivity contribution in [2.45, 2.75) is 25.0 Å². The fraction of sp³-hybridized carbons (Fsp3) is 0.533. The molecule has 1 atom stereocenters. The summed E-state index contributed by atoms with van der Waals surface area (Å²) in [4.78, 5) is 14.2. The number of rotatable bonds is 3. The molecule has 20 heavy (non-hydrogen) atoms. The fourth-order valence-corrected chi connectivity index (χ4v) is 3.66. The second-order valence-electron chi connectivity index (χ2n) is 5.61. The monoisotopic (exact) mass is 295 g/mol. The average molecular weight is 295 g/mol. The van der Waals surface area contributed by atoms with E-state index in [2.05, 4.69) is 0 Å². The van der Waals surface area contributed by atoms with E-state index in [-0.39, 0.29) is 10.7 Å². The molecule has 1 unspecified atom stereocenters. The molecular weight excluding hydrogens is 274 g/mol. The van der Waals surface area contributed by atoms with Crippen molar-refractivity contribution in [2.75, 3.05) is 26.0 Å². The molecule has 1 aromatic carbocycles. The molecule has 5 heteroatoms. The van der Waals surface area contributed by atoms with E-state index in [4.69, 9.17) is 4.74 Å². The number of methoxy groups -OCH3 is 1. The molecule has 1 amide bonds. The maximum absolute atomic E-state index is 12.4. The van der Waals surface area contributed by atoms with Crippen LogP contribution in [0.3, 0.4) is 0 Å². The predicted molar refractivity (Wildman–Crippen MR) is 80.4 cm³/mol. The van der Waals surface area contributed by atoms with Crippen molar-refractivity contribution in [1.82, 2.24) is 4.90 Å². The number of hydrogen-bond donors (Lipinski definition) is 0. The van der Waals surface area contributed by atoms with Crippen LogP contribution in [-0.4, -0.2) is 45.7 Å². The molecule has 0 bridgehead atoms. The van der Waals surface area contributed by atoms with Gasteiger partial charge in [-0.1, -0.05) is 18.2 Å².